The first-order valence-corrected chi connectivity index (χ1v) is 12.0. The molecule has 1 amide bonds. The lowest BCUT2D eigenvalue weighted by Gasteiger charge is -2.13. The minimum atomic E-state index is -0.527. The van der Waals surface area contributed by atoms with E-state index in [9.17, 15) is 9.18 Å². The average Bonchev–Trinajstić information content (AvgIpc) is 3.45. The van der Waals surface area contributed by atoms with Gasteiger partial charge in [-0.05, 0) is 75.1 Å². The summed E-state index contributed by atoms with van der Waals surface area (Å²) in [6, 6.07) is 12.0. The molecule has 1 saturated carbocycles. The van der Waals surface area contributed by atoms with Crippen molar-refractivity contribution >= 4 is 35.0 Å². The molecule has 0 unspecified atom stereocenters. The summed E-state index contributed by atoms with van der Waals surface area (Å²) in [5.74, 6) is 0.990. The lowest BCUT2D eigenvalue weighted by molar-refractivity contribution is -0.113. The second-order valence-electron chi connectivity index (χ2n) is 7.56. The predicted octanol–water partition coefficient (Wildman–Crippen LogP) is 5.81. The van der Waals surface area contributed by atoms with Crippen molar-refractivity contribution in [1.29, 1.82) is 0 Å². The maximum atomic E-state index is 13.3. The van der Waals surface area contributed by atoms with Gasteiger partial charge >= 0.3 is 0 Å². The predicted molar refractivity (Wildman–Crippen MR) is 125 cm³/mol. The number of hydrogen-bond acceptors (Lipinski definition) is 5. The van der Waals surface area contributed by atoms with Crippen LogP contribution in [0.1, 0.15) is 32.6 Å². The summed E-state index contributed by atoms with van der Waals surface area (Å²) in [5, 5.41) is 11.9. The van der Waals surface area contributed by atoms with Crippen molar-refractivity contribution in [3.05, 3.63) is 53.3 Å². The summed E-state index contributed by atoms with van der Waals surface area (Å²) < 4.78 is 21.3. The fourth-order valence-corrected chi connectivity index (χ4v) is 4.66. The number of carbonyl (C=O) groups excluding carboxylic acids is 1. The fourth-order valence-electron chi connectivity index (χ4n) is 3.68. The first-order valence-electron chi connectivity index (χ1n) is 10.6. The van der Waals surface area contributed by atoms with Gasteiger partial charge in [-0.25, -0.2) is 4.39 Å². The number of halogens is 2. The summed E-state index contributed by atoms with van der Waals surface area (Å²) in [5.41, 5.74) is 1.38. The molecule has 168 valence electrons. The lowest BCUT2D eigenvalue weighted by Crippen LogP contribution is -2.14. The molecule has 0 spiro atoms. The van der Waals surface area contributed by atoms with Crippen molar-refractivity contribution in [2.45, 2.75) is 50.4 Å². The molecule has 0 bridgehead atoms. The smallest absolute Gasteiger partial charge is 0.234 e. The number of anilines is 1. The molecular weight excluding hydrogens is 451 g/mol. The monoisotopic (exact) mass is 474 g/mol. The molecule has 4 rings (SSSR count). The first-order chi connectivity index (χ1) is 15.5. The van der Waals surface area contributed by atoms with E-state index in [1.165, 1.54) is 42.8 Å². The van der Waals surface area contributed by atoms with Gasteiger partial charge in [0.25, 0.3) is 0 Å². The van der Waals surface area contributed by atoms with Crippen molar-refractivity contribution in [2.24, 2.45) is 0 Å². The largest absolute Gasteiger partial charge is 0.490 e. The Morgan fingerprint density at radius 1 is 1.22 bits per heavy atom. The number of amides is 1. The molecular formula is C23H24ClFN4O2S. The SMILES string of the molecule is CCn1c(SCC(=O)Nc2ccc(F)c(Cl)c2)nnc1-c1ccc(OC2CCCC2)cc1. The normalized spacial score (nSPS) is 14.0. The minimum absolute atomic E-state index is 0.0366. The van der Waals surface area contributed by atoms with Gasteiger partial charge in [-0.1, -0.05) is 23.4 Å². The van der Waals surface area contributed by atoms with E-state index in [1.54, 1.807) is 0 Å². The van der Waals surface area contributed by atoms with Crippen molar-refractivity contribution in [1.82, 2.24) is 14.8 Å². The second-order valence-corrected chi connectivity index (χ2v) is 8.91. The van der Waals surface area contributed by atoms with Crippen LogP contribution in [-0.2, 0) is 11.3 Å². The molecule has 3 aromatic rings. The molecule has 1 aromatic heterocycles. The molecule has 9 heteroatoms. The van der Waals surface area contributed by atoms with Crippen LogP contribution in [-0.4, -0.2) is 32.5 Å². The Labute approximate surface area is 195 Å². The number of carbonyl (C=O) groups is 1. The zero-order valence-corrected chi connectivity index (χ0v) is 19.3. The molecule has 0 radical (unpaired) electrons. The summed E-state index contributed by atoms with van der Waals surface area (Å²) >= 11 is 7.05. The summed E-state index contributed by atoms with van der Waals surface area (Å²) in [6.45, 7) is 2.68. The Morgan fingerprint density at radius 2 is 1.97 bits per heavy atom. The van der Waals surface area contributed by atoms with E-state index < -0.39 is 5.82 Å². The molecule has 0 saturated heterocycles. The highest BCUT2D eigenvalue weighted by atomic mass is 35.5. The van der Waals surface area contributed by atoms with Crippen LogP contribution >= 0.6 is 23.4 Å². The quantitative estimate of drug-likeness (QED) is 0.417. The van der Waals surface area contributed by atoms with Gasteiger partial charge in [0.2, 0.25) is 5.91 Å². The fraction of sp³-hybridized carbons (Fsp3) is 0.348. The van der Waals surface area contributed by atoms with Crippen LogP contribution in [0.4, 0.5) is 10.1 Å². The van der Waals surface area contributed by atoms with E-state index in [-0.39, 0.29) is 16.7 Å². The molecule has 1 heterocycles. The number of hydrogen-bond donors (Lipinski definition) is 1. The molecule has 32 heavy (non-hydrogen) atoms. The Morgan fingerprint density at radius 3 is 2.66 bits per heavy atom. The van der Waals surface area contributed by atoms with Crippen molar-refractivity contribution in [3.63, 3.8) is 0 Å². The Bertz CT molecular complexity index is 1080. The van der Waals surface area contributed by atoms with E-state index in [2.05, 4.69) is 15.5 Å². The highest BCUT2D eigenvalue weighted by Crippen LogP contribution is 2.28. The molecule has 6 nitrogen and oxygen atoms in total. The van der Waals surface area contributed by atoms with Crippen LogP contribution in [0.2, 0.25) is 5.02 Å². The van der Waals surface area contributed by atoms with Crippen LogP contribution in [0.15, 0.2) is 47.6 Å². The molecule has 0 atom stereocenters. The molecule has 1 N–H and O–H groups in total. The summed E-state index contributed by atoms with van der Waals surface area (Å²) in [4.78, 5) is 12.3. The van der Waals surface area contributed by atoms with Gasteiger partial charge in [-0.3, -0.25) is 4.79 Å². The third-order valence-electron chi connectivity index (χ3n) is 5.29. The van der Waals surface area contributed by atoms with Gasteiger partial charge in [0.05, 0.1) is 16.9 Å². The lowest BCUT2D eigenvalue weighted by atomic mass is 10.2. The zero-order chi connectivity index (χ0) is 22.5. The molecule has 1 aliphatic carbocycles. The number of benzene rings is 2. The molecule has 0 aliphatic heterocycles. The molecule has 1 fully saturated rings. The van der Waals surface area contributed by atoms with Crippen LogP contribution < -0.4 is 10.1 Å². The standard InChI is InChI=1S/C23H24ClFN4O2S/c1-2-29-22(15-7-10-18(11-8-15)31-17-5-3-4-6-17)27-28-23(29)32-14-21(30)26-16-9-12-20(25)19(24)13-16/h7-13,17H,2-6,14H2,1H3,(H,26,30). The van der Waals surface area contributed by atoms with Crippen LogP contribution in [0.3, 0.4) is 0 Å². The Balaban J connectivity index is 1.39. The zero-order valence-electron chi connectivity index (χ0n) is 17.7. The number of aromatic nitrogens is 3. The van der Waals surface area contributed by atoms with Crippen molar-refractivity contribution in [2.75, 3.05) is 11.1 Å². The Hall–Kier alpha value is -2.58. The maximum absolute atomic E-state index is 13.3. The van der Waals surface area contributed by atoms with Gasteiger partial charge in [-0.15, -0.1) is 10.2 Å². The van der Waals surface area contributed by atoms with Crippen molar-refractivity contribution < 1.29 is 13.9 Å². The molecule has 2 aromatic carbocycles. The number of nitrogens with zero attached hydrogens (tertiary/aromatic N) is 3. The first kappa shape index (κ1) is 22.6. The molecule has 1 aliphatic rings. The van der Waals surface area contributed by atoms with Crippen LogP contribution in [0.25, 0.3) is 11.4 Å². The van der Waals surface area contributed by atoms with Gasteiger partial charge in [-0.2, -0.15) is 0 Å². The third-order valence-corrected chi connectivity index (χ3v) is 6.54. The van der Waals surface area contributed by atoms with E-state index in [0.717, 1.165) is 30.0 Å². The van der Waals surface area contributed by atoms with Gasteiger partial charge in [0.15, 0.2) is 11.0 Å². The van der Waals surface area contributed by atoms with E-state index in [4.69, 9.17) is 16.3 Å². The van der Waals surface area contributed by atoms with E-state index in [0.29, 0.717) is 23.5 Å². The number of thioether (sulfide) groups is 1. The topological polar surface area (TPSA) is 69.0 Å². The number of ether oxygens (including phenoxy) is 1. The van der Waals surface area contributed by atoms with Crippen molar-refractivity contribution in [3.8, 4) is 17.1 Å². The number of nitrogens with one attached hydrogen (secondary N) is 1. The van der Waals surface area contributed by atoms with Crippen LogP contribution in [0.5, 0.6) is 5.75 Å². The highest BCUT2D eigenvalue weighted by Gasteiger charge is 2.18. The number of rotatable bonds is 8. The van der Waals surface area contributed by atoms with E-state index in [1.807, 2.05) is 35.8 Å². The second kappa shape index (κ2) is 10.4. The minimum Gasteiger partial charge on any atom is -0.490 e. The highest BCUT2D eigenvalue weighted by molar-refractivity contribution is 7.99. The van der Waals surface area contributed by atoms with Gasteiger partial charge < -0.3 is 14.6 Å². The van der Waals surface area contributed by atoms with Gasteiger partial charge in [0, 0.05) is 17.8 Å². The van der Waals surface area contributed by atoms with E-state index >= 15 is 0 Å². The van der Waals surface area contributed by atoms with Crippen LogP contribution in [0, 0.1) is 5.82 Å². The summed E-state index contributed by atoms with van der Waals surface area (Å²) in [6.07, 6.45) is 5.03. The average molecular weight is 475 g/mol. The Kier molecular flexibility index (Phi) is 7.32. The third kappa shape index (κ3) is 5.42. The van der Waals surface area contributed by atoms with Gasteiger partial charge in [0.1, 0.15) is 11.6 Å². The summed E-state index contributed by atoms with van der Waals surface area (Å²) in [7, 11) is 0. The maximum Gasteiger partial charge on any atom is 0.234 e.